The van der Waals surface area contributed by atoms with Crippen LogP contribution in [0.1, 0.15) is 20.8 Å². The molecule has 1 atom stereocenters. The van der Waals surface area contributed by atoms with Crippen LogP contribution in [-0.4, -0.2) is 28.4 Å². The first-order valence-electron chi connectivity index (χ1n) is 5.83. The third kappa shape index (κ3) is 4.88. The highest BCUT2D eigenvalue weighted by atomic mass is 35.5. The monoisotopic (exact) mass is 321 g/mol. The van der Waals surface area contributed by atoms with Gasteiger partial charge in [0.1, 0.15) is 5.54 Å². The molecule has 6 heteroatoms. The molecule has 0 spiro atoms. The Bertz CT molecular complexity index is 468. The topological polar surface area (TPSA) is 49.3 Å². The van der Waals surface area contributed by atoms with Gasteiger partial charge in [-0.25, -0.2) is 0 Å². The predicted molar refractivity (Wildman–Crippen MR) is 81.5 cm³/mol. The maximum absolute atomic E-state index is 11.4. The third-order valence-electron chi connectivity index (χ3n) is 2.49. The van der Waals surface area contributed by atoms with Gasteiger partial charge in [0.15, 0.2) is 0 Å². The van der Waals surface area contributed by atoms with E-state index in [-0.39, 0.29) is 6.04 Å². The van der Waals surface area contributed by atoms with Crippen molar-refractivity contribution < 1.29 is 9.90 Å². The van der Waals surface area contributed by atoms with Crippen LogP contribution in [0.5, 0.6) is 0 Å². The SMILES string of the molecule is CC(C)NC(C)(CSc1cc(Cl)ccc1Cl)C(=O)O. The highest BCUT2D eigenvalue weighted by molar-refractivity contribution is 7.99. The normalized spacial score (nSPS) is 14.4. The fourth-order valence-electron chi connectivity index (χ4n) is 1.61. The van der Waals surface area contributed by atoms with Gasteiger partial charge in [-0.1, -0.05) is 23.2 Å². The molecule has 1 aromatic rings. The maximum atomic E-state index is 11.4. The average molecular weight is 322 g/mol. The number of hydrogen-bond acceptors (Lipinski definition) is 3. The molecule has 2 N–H and O–H groups in total. The first-order chi connectivity index (χ1) is 8.74. The molecule has 0 fully saturated rings. The van der Waals surface area contributed by atoms with E-state index < -0.39 is 11.5 Å². The third-order valence-corrected chi connectivity index (χ3v) is 4.54. The van der Waals surface area contributed by atoms with E-state index in [0.29, 0.717) is 15.8 Å². The van der Waals surface area contributed by atoms with Crippen LogP contribution in [0.2, 0.25) is 10.0 Å². The van der Waals surface area contributed by atoms with Gasteiger partial charge in [-0.2, -0.15) is 0 Å². The summed E-state index contributed by atoms with van der Waals surface area (Å²) in [5.74, 6) is -0.521. The lowest BCUT2D eigenvalue weighted by Gasteiger charge is -2.28. The molecular formula is C13H17Cl2NO2S. The molecule has 0 amide bonds. The molecule has 19 heavy (non-hydrogen) atoms. The molecular weight excluding hydrogens is 305 g/mol. The maximum Gasteiger partial charge on any atom is 0.324 e. The Morgan fingerprint density at radius 2 is 2.11 bits per heavy atom. The highest BCUT2D eigenvalue weighted by Crippen LogP contribution is 2.32. The summed E-state index contributed by atoms with van der Waals surface area (Å²) in [6.45, 7) is 5.50. The van der Waals surface area contributed by atoms with Crippen molar-refractivity contribution in [3.63, 3.8) is 0 Å². The van der Waals surface area contributed by atoms with E-state index in [1.807, 2.05) is 13.8 Å². The van der Waals surface area contributed by atoms with Gasteiger partial charge in [-0.3, -0.25) is 10.1 Å². The lowest BCUT2D eigenvalue weighted by molar-refractivity contribution is -0.143. The zero-order valence-corrected chi connectivity index (χ0v) is 13.4. The molecule has 0 aromatic heterocycles. The number of benzene rings is 1. The van der Waals surface area contributed by atoms with Crippen LogP contribution >= 0.6 is 35.0 Å². The number of halogens is 2. The summed E-state index contributed by atoms with van der Waals surface area (Å²) < 4.78 is 0. The van der Waals surface area contributed by atoms with Crippen LogP contribution in [0.25, 0.3) is 0 Å². The zero-order chi connectivity index (χ0) is 14.6. The summed E-state index contributed by atoms with van der Waals surface area (Å²) in [4.78, 5) is 12.2. The minimum Gasteiger partial charge on any atom is -0.480 e. The van der Waals surface area contributed by atoms with E-state index in [1.54, 1.807) is 25.1 Å². The zero-order valence-electron chi connectivity index (χ0n) is 11.0. The van der Waals surface area contributed by atoms with Gasteiger partial charge >= 0.3 is 5.97 Å². The molecule has 0 aliphatic rings. The summed E-state index contributed by atoms with van der Waals surface area (Å²) >= 11 is 13.4. The van der Waals surface area contributed by atoms with Crippen LogP contribution in [0.15, 0.2) is 23.1 Å². The Balaban J connectivity index is 2.82. The van der Waals surface area contributed by atoms with Gasteiger partial charge in [0, 0.05) is 21.7 Å². The molecule has 1 rings (SSSR count). The van der Waals surface area contributed by atoms with Gasteiger partial charge in [0.05, 0.1) is 5.02 Å². The van der Waals surface area contributed by atoms with Crippen molar-refractivity contribution in [2.45, 2.75) is 37.2 Å². The van der Waals surface area contributed by atoms with Gasteiger partial charge in [0.25, 0.3) is 0 Å². The second-order valence-corrected chi connectivity index (χ2v) is 6.66. The van der Waals surface area contributed by atoms with Crippen molar-refractivity contribution in [2.24, 2.45) is 0 Å². The molecule has 0 aliphatic heterocycles. The molecule has 1 aromatic carbocycles. The van der Waals surface area contributed by atoms with Crippen LogP contribution in [0.3, 0.4) is 0 Å². The lowest BCUT2D eigenvalue weighted by atomic mass is 10.1. The fraction of sp³-hybridized carbons (Fsp3) is 0.462. The summed E-state index contributed by atoms with van der Waals surface area (Å²) in [6.07, 6.45) is 0. The summed E-state index contributed by atoms with van der Waals surface area (Å²) in [5.41, 5.74) is -1.01. The standard InChI is InChI=1S/C13H17Cl2NO2S/c1-8(2)16-13(3,12(17)18)7-19-11-6-9(14)4-5-10(11)15/h4-6,8,16H,7H2,1-3H3,(H,17,18). The minimum absolute atomic E-state index is 0.0801. The minimum atomic E-state index is -1.01. The number of rotatable bonds is 6. The van der Waals surface area contributed by atoms with Gasteiger partial charge in [-0.05, 0) is 39.0 Å². The Labute approximate surface area is 127 Å². The van der Waals surface area contributed by atoms with Crippen LogP contribution in [0.4, 0.5) is 0 Å². The molecule has 0 saturated heterocycles. The smallest absolute Gasteiger partial charge is 0.324 e. The van der Waals surface area contributed by atoms with E-state index >= 15 is 0 Å². The molecule has 0 aliphatic carbocycles. The first kappa shape index (κ1) is 16.6. The van der Waals surface area contributed by atoms with Gasteiger partial charge in [0.2, 0.25) is 0 Å². The van der Waals surface area contributed by atoms with E-state index in [1.165, 1.54) is 11.8 Å². The molecule has 0 saturated carbocycles. The van der Waals surface area contributed by atoms with E-state index in [0.717, 1.165) is 4.90 Å². The predicted octanol–water partition coefficient (Wildman–Crippen LogP) is 3.93. The van der Waals surface area contributed by atoms with Crippen molar-refractivity contribution in [1.29, 1.82) is 0 Å². The van der Waals surface area contributed by atoms with Crippen molar-refractivity contribution in [2.75, 3.05) is 5.75 Å². The van der Waals surface area contributed by atoms with Crippen LogP contribution in [-0.2, 0) is 4.79 Å². The van der Waals surface area contributed by atoms with Crippen LogP contribution in [0, 0.1) is 0 Å². The summed E-state index contributed by atoms with van der Waals surface area (Å²) in [5, 5.41) is 13.6. The summed E-state index contributed by atoms with van der Waals surface area (Å²) in [7, 11) is 0. The lowest BCUT2D eigenvalue weighted by Crippen LogP contribution is -2.54. The molecule has 3 nitrogen and oxygen atoms in total. The van der Waals surface area contributed by atoms with E-state index in [4.69, 9.17) is 23.2 Å². The Morgan fingerprint density at radius 3 is 2.63 bits per heavy atom. The van der Waals surface area contributed by atoms with Gasteiger partial charge in [-0.15, -0.1) is 11.8 Å². The van der Waals surface area contributed by atoms with E-state index in [2.05, 4.69) is 5.32 Å². The second kappa shape index (κ2) is 6.84. The molecule has 0 heterocycles. The summed E-state index contributed by atoms with van der Waals surface area (Å²) in [6, 6.07) is 5.24. The van der Waals surface area contributed by atoms with Gasteiger partial charge < -0.3 is 5.11 Å². The number of carboxylic acid groups (broad SMARTS) is 1. The first-order valence-corrected chi connectivity index (χ1v) is 7.57. The number of carbonyl (C=O) groups is 1. The Hall–Kier alpha value is -0.420. The largest absolute Gasteiger partial charge is 0.480 e. The quantitative estimate of drug-likeness (QED) is 0.779. The average Bonchev–Trinajstić information content (AvgIpc) is 2.29. The number of aliphatic carboxylic acids is 1. The molecule has 106 valence electrons. The highest BCUT2D eigenvalue weighted by Gasteiger charge is 2.33. The molecule has 1 unspecified atom stereocenters. The fourth-order valence-corrected chi connectivity index (χ4v) is 3.20. The van der Waals surface area contributed by atoms with Crippen molar-refractivity contribution in [3.8, 4) is 0 Å². The second-order valence-electron chi connectivity index (χ2n) is 4.80. The number of hydrogen-bond donors (Lipinski definition) is 2. The van der Waals surface area contributed by atoms with E-state index in [9.17, 15) is 9.90 Å². The van der Waals surface area contributed by atoms with Crippen molar-refractivity contribution in [1.82, 2.24) is 5.32 Å². The molecule has 0 radical (unpaired) electrons. The number of nitrogens with one attached hydrogen (secondary N) is 1. The van der Waals surface area contributed by atoms with Crippen LogP contribution < -0.4 is 5.32 Å². The molecule has 0 bridgehead atoms. The Morgan fingerprint density at radius 1 is 1.47 bits per heavy atom. The number of carboxylic acids is 1. The van der Waals surface area contributed by atoms with Crippen molar-refractivity contribution >= 4 is 40.9 Å². The number of thioether (sulfide) groups is 1. The Kier molecular flexibility index (Phi) is 5.99. The van der Waals surface area contributed by atoms with Crippen molar-refractivity contribution in [3.05, 3.63) is 28.2 Å².